The van der Waals surface area contributed by atoms with Crippen LogP contribution in [-0.4, -0.2) is 79.1 Å². The lowest BCUT2D eigenvalue weighted by molar-refractivity contribution is -0.131. The van der Waals surface area contributed by atoms with Crippen LogP contribution in [0.15, 0.2) is 0 Å². The van der Waals surface area contributed by atoms with Gasteiger partial charge in [0.1, 0.15) is 0 Å². The summed E-state index contributed by atoms with van der Waals surface area (Å²) in [5, 5.41) is 3.56. The molecule has 120 valence electrons. The van der Waals surface area contributed by atoms with Gasteiger partial charge in [-0.25, -0.2) is 0 Å². The van der Waals surface area contributed by atoms with Crippen LogP contribution >= 0.6 is 0 Å². The van der Waals surface area contributed by atoms with Crippen LogP contribution in [0, 0.1) is 5.92 Å². The summed E-state index contributed by atoms with van der Waals surface area (Å²) in [5.74, 6) is 0.957. The Morgan fingerprint density at radius 3 is 2.62 bits per heavy atom. The first-order valence-corrected chi connectivity index (χ1v) is 8.51. The Morgan fingerprint density at radius 2 is 1.90 bits per heavy atom. The minimum Gasteiger partial charge on any atom is -0.324 e. The van der Waals surface area contributed by atoms with E-state index in [9.17, 15) is 4.79 Å². The summed E-state index contributed by atoms with van der Waals surface area (Å²) in [4.78, 5) is 19.5. The Hall–Kier alpha value is -0.650. The number of amides is 1. The van der Waals surface area contributed by atoms with Crippen LogP contribution in [0.25, 0.3) is 0 Å². The second-order valence-corrected chi connectivity index (χ2v) is 7.27. The highest BCUT2D eigenvalue weighted by molar-refractivity contribution is 5.84. The fourth-order valence-corrected chi connectivity index (χ4v) is 4.20. The molecule has 1 saturated carbocycles. The maximum Gasteiger partial charge on any atom is 0.240 e. The number of likely N-dealkylation sites (N-methyl/N-ethyl adjacent to an activating group) is 2. The van der Waals surface area contributed by atoms with Gasteiger partial charge in [-0.05, 0) is 39.8 Å². The molecule has 1 aliphatic carbocycles. The van der Waals surface area contributed by atoms with E-state index in [4.69, 9.17) is 0 Å². The predicted octanol–water partition coefficient (Wildman–Crippen LogP) is 0.569. The van der Waals surface area contributed by atoms with Gasteiger partial charge in [0.15, 0.2) is 0 Å². The van der Waals surface area contributed by atoms with Crippen LogP contribution in [0.2, 0.25) is 0 Å². The van der Waals surface area contributed by atoms with E-state index >= 15 is 0 Å². The molecule has 1 amide bonds. The molecule has 2 heterocycles. The maximum absolute atomic E-state index is 12.6. The highest BCUT2D eigenvalue weighted by Gasteiger charge is 2.42. The predicted molar refractivity (Wildman–Crippen MR) is 84.0 cm³/mol. The molecule has 2 aliphatic heterocycles. The van der Waals surface area contributed by atoms with Gasteiger partial charge in [-0.3, -0.25) is 15.0 Å². The average molecular weight is 294 g/mol. The van der Waals surface area contributed by atoms with E-state index < -0.39 is 0 Å². The Bertz CT molecular complexity index is 382. The van der Waals surface area contributed by atoms with Gasteiger partial charge in [0.05, 0.1) is 12.2 Å². The number of nitrogens with zero attached hydrogens (tertiary/aromatic N) is 3. The number of carbonyl (C=O) groups excluding carboxylic acids is 1. The van der Waals surface area contributed by atoms with E-state index in [1.54, 1.807) is 0 Å². The number of piperazine rings is 1. The highest BCUT2D eigenvalue weighted by atomic mass is 16.2. The molecule has 3 rings (SSSR count). The third kappa shape index (κ3) is 3.10. The van der Waals surface area contributed by atoms with Gasteiger partial charge in [0, 0.05) is 32.2 Å². The highest BCUT2D eigenvalue weighted by Crippen LogP contribution is 2.32. The monoisotopic (exact) mass is 294 g/mol. The molecule has 3 aliphatic rings. The number of carbonyl (C=O) groups is 1. The van der Waals surface area contributed by atoms with Crippen molar-refractivity contribution in [3.8, 4) is 0 Å². The molecule has 0 aromatic heterocycles. The summed E-state index contributed by atoms with van der Waals surface area (Å²) in [7, 11) is 4.38. The van der Waals surface area contributed by atoms with Gasteiger partial charge in [-0.1, -0.05) is 12.8 Å². The van der Waals surface area contributed by atoms with Crippen LogP contribution in [0.1, 0.15) is 32.6 Å². The molecule has 0 aromatic rings. The maximum atomic E-state index is 12.6. The van der Waals surface area contributed by atoms with Gasteiger partial charge in [0.2, 0.25) is 5.91 Å². The van der Waals surface area contributed by atoms with E-state index in [2.05, 4.69) is 34.1 Å². The smallest absolute Gasteiger partial charge is 0.240 e. The summed E-state index contributed by atoms with van der Waals surface area (Å²) in [6.07, 6.45) is 5.47. The minimum atomic E-state index is -0.0118. The van der Waals surface area contributed by atoms with Gasteiger partial charge < -0.3 is 9.80 Å². The molecule has 3 fully saturated rings. The molecular formula is C16H30N4O. The van der Waals surface area contributed by atoms with Crippen molar-refractivity contribution < 1.29 is 4.79 Å². The van der Waals surface area contributed by atoms with Gasteiger partial charge >= 0.3 is 0 Å². The normalized spacial score (nSPS) is 36.8. The first-order chi connectivity index (χ1) is 10.1. The van der Waals surface area contributed by atoms with E-state index in [0.717, 1.165) is 26.2 Å². The van der Waals surface area contributed by atoms with Crippen LogP contribution in [0.4, 0.5) is 0 Å². The molecular weight excluding hydrogens is 264 g/mol. The molecule has 5 nitrogen and oxygen atoms in total. The van der Waals surface area contributed by atoms with Crippen molar-refractivity contribution in [1.29, 1.82) is 0 Å². The molecule has 3 atom stereocenters. The van der Waals surface area contributed by atoms with E-state index in [-0.39, 0.29) is 12.2 Å². The third-order valence-corrected chi connectivity index (χ3v) is 5.64. The standard InChI is InChI=1S/C16H30N4O/c1-12-16(21)20(15(17-12)13-6-4-5-7-13)11-14-10-18(2)8-9-19(14)3/h12-15,17H,4-11H2,1-3H3. The summed E-state index contributed by atoms with van der Waals surface area (Å²) in [5.41, 5.74) is 0. The molecule has 1 N–H and O–H groups in total. The van der Waals surface area contributed by atoms with Crippen molar-refractivity contribution in [1.82, 2.24) is 20.0 Å². The van der Waals surface area contributed by atoms with Crippen molar-refractivity contribution in [2.45, 2.75) is 50.9 Å². The number of hydrogen-bond acceptors (Lipinski definition) is 4. The van der Waals surface area contributed by atoms with Crippen molar-refractivity contribution in [2.24, 2.45) is 5.92 Å². The Morgan fingerprint density at radius 1 is 1.19 bits per heavy atom. The first kappa shape index (κ1) is 15.3. The molecule has 5 heteroatoms. The van der Waals surface area contributed by atoms with Crippen LogP contribution < -0.4 is 5.32 Å². The Balaban J connectivity index is 1.69. The lowest BCUT2D eigenvalue weighted by Crippen LogP contribution is -2.56. The van der Waals surface area contributed by atoms with E-state index in [1.165, 1.54) is 25.7 Å². The average Bonchev–Trinajstić information content (AvgIpc) is 3.06. The van der Waals surface area contributed by atoms with Gasteiger partial charge in [0.25, 0.3) is 0 Å². The summed E-state index contributed by atoms with van der Waals surface area (Å²) in [6.45, 7) is 6.17. The van der Waals surface area contributed by atoms with E-state index in [0.29, 0.717) is 17.9 Å². The van der Waals surface area contributed by atoms with Crippen molar-refractivity contribution in [2.75, 3.05) is 40.3 Å². The van der Waals surface area contributed by atoms with E-state index in [1.807, 2.05) is 6.92 Å². The third-order valence-electron chi connectivity index (χ3n) is 5.64. The second kappa shape index (κ2) is 6.23. The Labute approximate surface area is 128 Å². The molecule has 0 radical (unpaired) electrons. The van der Waals surface area contributed by atoms with Gasteiger partial charge in [-0.15, -0.1) is 0 Å². The second-order valence-electron chi connectivity index (χ2n) is 7.27. The fraction of sp³-hybridized carbons (Fsp3) is 0.938. The molecule has 2 saturated heterocycles. The number of hydrogen-bond donors (Lipinski definition) is 1. The molecule has 0 spiro atoms. The fourth-order valence-electron chi connectivity index (χ4n) is 4.20. The van der Waals surface area contributed by atoms with Crippen molar-refractivity contribution in [3.05, 3.63) is 0 Å². The molecule has 0 bridgehead atoms. The quantitative estimate of drug-likeness (QED) is 0.826. The largest absolute Gasteiger partial charge is 0.324 e. The molecule has 0 aromatic carbocycles. The zero-order chi connectivity index (χ0) is 15.0. The minimum absolute atomic E-state index is 0.0118. The zero-order valence-corrected chi connectivity index (χ0v) is 13.7. The van der Waals surface area contributed by atoms with Gasteiger partial charge in [-0.2, -0.15) is 0 Å². The number of nitrogens with one attached hydrogen (secondary N) is 1. The molecule has 21 heavy (non-hydrogen) atoms. The lowest BCUT2D eigenvalue weighted by atomic mass is 10.0. The SMILES string of the molecule is CC1NC(C2CCCC2)N(CC2CN(C)CCN2C)C1=O. The molecule has 3 unspecified atom stereocenters. The van der Waals surface area contributed by atoms with Crippen molar-refractivity contribution >= 4 is 5.91 Å². The zero-order valence-electron chi connectivity index (χ0n) is 13.7. The summed E-state index contributed by atoms with van der Waals surface area (Å²) < 4.78 is 0. The van der Waals surface area contributed by atoms with Crippen LogP contribution in [0.5, 0.6) is 0 Å². The topological polar surface area (TPSA) is 38.8 Å². The summed E-state index contributed by atoms with van der Waals surface area (Å²) >= 11 is 0. The lowest BCUT2D eigenvalue weighted by Gasteiger charge is -2.41. The summed E-state index contributed by atoms with van der Waals surface area (Å²) in [6, 6.07) is 0.450. The first-order valence-electron chi connectivity index (χ1n) is 8.51. The Kier molecular flexibility index (Phi) is 4.52. The number of rotatable bonds is 3. The van der Waals surface area contributed by atoms with Crippen LogP contribution in [0.3, 0.4) is 0 Å². The van der Waals surface area contributed by atoms with Crippen LogP contribution in [-0.2, 0) is 4.79 Å². The van der Waals surface area contributed by atoms with Crippen molar-refractivity contribution in [3.63, 3.8) is 0 Å².